The molecule has 0 spiro atoms. The zero-order valence-corrected chi connectivity index (χ0v) is 11.3. The molecule has 0 saturated carbocycles. The summed E-state index contributed by atoms with van der Waals surface area (Å²) in [5, 5.41) is 0. The van der Waals surface area contributed by atoms with Crippen molar-refractivity contribution in [3.05, 3.63) is 83.7 Å². The Morgan fingerprint density at radius 3 is 1.85 bits per heavy atom. The molecule has 100 valence electrons. The van der Waals surface area contributed by atoms with Crippen molar-refractivity contribution in [3.63, 3.8) is 0 Å². The highest BCUT2D eigenvalue weighted by molar-refractivity contribution is 6.06. The van der Waals surface area contributed by atoms with Crippen LogP contribution in [-0.4, -0.2) is 12.8 Å². The van der Waals surface area contributed by atoms with Gasteiger partial charge in [0, 0.05) is 24.3 Å². The molecule has 0 fully saturated rings. The van der Waals surface area contributed by atoms with Gasteiger partial charge >= 0.3 is 0 Å². The predicted molar refractivity (Wildman–Crippen MR) is 80.4 cm³/mol. The van der Waals surface area contributed by atoms with Crippen LogP contribution in [0.1, 0.15) is 11.1 Å². The highest BCUT2D eigenvalue weighted by atomic mass is 16.5. The first kappa shape index (κ1) is 12.5. The van der Waals surface area contributed by atoms with Crippen molar-refractivity contribution >= 4 is 5.71 Å². The fourth-order valence-electron chi connectivity index (χ4n) is 2.64. The lowest BCUT2D eigenvalue weighted by atomic mass is 9.83. The van der Waals surface area contributed by atoms with Crippen LogP contribution in [0.25, 0.3) is 0 Å². The molecule has 0 amide bonds. The Balaban J connectivity index is 2.25. The Kier molecular flexibility index (Phi) is 3.03. The summed E-state index contributed by atoms with van der Waals surface area (Å²) in [5.74, 6) is 0.387. The van der Waals surface area contributed by atoms with Gasteiger partial charge in [0.05, 0.1) is 5.71 Å². The molecule has 0 unspecified atom stereocenters. The third-order valence-electron chi connectivity index (χ3n) is 3.51. The molecule has 0 bridgehead atoms. The zero-order chi connectivity index (χ0) is 14.0. The molecule has 20 heavy (non-hydrogen) atoms. The van der Waals surface area contributed by atoms with Crippen LogP contribution < -0.4 is 5.73 Å². The Hall–Kier alpha value is -2.55. The van der Waals surface area contributed by atoms with E-state index >= 15 is 0 Å². The summed E-state index contributed by atoms with van der Waals surface area (Å²) >= 11 is 0. The lowest BCUT2D eigenvalue weighted by Gasteiger charge is -2.31. The van der Waals surface area contributed by atoms with Crippen molar-refractivity contribution in [2.45, 2.75) is 5.60 Å². The van der Waals surface area contributed by atoms with E-state index in [4.69, 9.17) is 10.5 Å². The predicted octanol–water partition coefficient (Wildman–Crippen LogP) is 2.83. The highest BCUT2D eigenvalue weighted by Gasteiger charge is 2.45. The van der Waals surface area contributed by atoms with Gasteiger partial charge in [-0.15, -0.1) is 0 Å². The van der Waals surface area contributed by atoms with E-state index in [1.54, 1.807) is 13.1 Å². The van der Waals surface area contributed by atoms with Crippen molar-refractivity contribution in [2.75, 3.05) is 7.05 Å². The fraction of sp³-hybridized carbons (Fsp3) is 0.118. The molecular weight excluding hydrogens is 248 g/mol. The number of rotatable bonds is 2. The van der Waals surface area contributed by atoms with E-state index < -0.39 is 5.60 Å². The van der Waals surface area contributed by atoms with Gasteiger partial charge in [0.15, 0.2) is 5.88 Å². The summed E-state index contributed by atoms with van der Waals surface area (Å²) < 4.78 is 6.03. The van der Waals surface area contributed by atoms with E-state index in [2.05, 4.69) is 4.99 Å². The molecule has 2 N–H and O–H groups in total. The van der Waals surface area contributed by atoms with Gasteiger partial charge < -0.3 is 10.5 Å². The first-order valence-corrected chi connectivity index (χ1v) is 6.52. The van der Waals surface area contributed by atoms with Crippen molar-refractivity contribution in [1.29, 1.82) is 0 Å². The van der Waals surface area contributed by atoms with Gasteiger partial charge in [-0.2, -0.15) is 0 Å². The molecule has 3 nitrogen and oxygen atoms in total. The summed E-state index contributed by atoms with van der Waals surface area (Å²) in [6.45, 7) is 0. The molecule has 3 rings (SSSR count). The van der Waals surface area contributed by atoms with Gasteiger partial charge in [-0.25, -0.2) is 0 Å². The number of nitrogens with zero attached hydrogens (tertiary/aromatic N) is 1. The zero-order valence-electron chi connectivity index (χ0n) is 11.3. The Labute approximate surface area is 118 Å². The van der Waals surface area contributed by atoms with E-state index in [1.807, 2.05) is 60.7 Å². The number of benzene rings is 2. The summed E-state index contributed by atoms with van der Waals surface area (Å²) in [5.41, 5.74) is 8.01. The molecule has 1 heterocycles. The molecular formula is C17H16N2O. The lowest BCUT2D eigenvalue weighted by Crippen LogP contribution is -2.35. The maximum atomic E-state index is 6.03. The van der Waals surface area contributed by atoms with Crippen LogP contribution in [-0.2, 0) is 10.3 Å². The van der Waals surface area contributed by atoms with Gasteiger partial charge in [0.2, 0.25) is 5.60 Å². The topological polar surface area (TPSA) is 47.6 Å². The molecule has 0 saturated heterocycles. The largest absolute Gasteiger partial charge is 0.457 e. The second-order valence-corrected chi connectivity index (χ2v) is 4.67. The number of ether oxygens (including phenoxy) is 1. The molecule has 3 heteroatoms. The van der Waals surface area contributed by atoms with Crippen molar-refractivity contribution in [3.8, 4) is 0 Å². The lowest BCUT2D eigenvalue weighted by molar-refractivity contribution is 0.108. The smallest absolute Gasteiger partial charge is 0.202 e. The number of aliphatic imine (C=N–C) groups is 1. The number of hydrogen-bond donors (Lipinski definition) is 1. The molecule has 0 atom stereocenters. The maximum Gasteiger partial charge on any atom is 0.202 e. The van der Waals surface area contributed by atoms with Crippen LogP contribution in [0.2, 0.25) is 0 Å². The average Bonchev–Trinajstić information content (AvgIpc) is 2.87. The number of nitrogens with two attached hydrogens (primary N) is 1. The minimum atomic E-state index is -0.749. The van der Waals surface area contributed by atoms with Crippen LogP contribution >= 0.6 is 0 Å². The van der Waals surface area contributed by atoms with Crippen LogP contribution in [0.3, 0.4) is 0 Å². The molecule has 0 aliphatic carbocycles. The normalized spacial score (nSPS) is 18.6. The second-order valence-electron chi connectivity index (χ2n) is 4.67. The van der Waals surface area contributed by atoms with Crippen LogP contribution in [0, 0.1) is 0 Å². The second kappa shape index (κ2) is 4.85. The molecule has 2 aromatic rings. The van der Waals surface area contributed by atoms with Gasteiger partial charge in [0.25, 0.3) is 0 Å². The third-order valence-corrected chi connectivity index (χ3v) is 3.51. The molecule has 1 aliphatic heterocycles. The van der Waals surface area contributed by atoms with E-state index in [9.17, 15) is 0 Å². The Morgan fingerprint density at radius 2 is 1.40 bits per heavy atom. The SMILES string of the molecule is CN=C1C=C(N)OC1(c1ccccc1)c1ccccc1. The summed E-state index contributed by atoms with van der Waals surface area (Å²) in [7, 11) is 1.76. The van der Waals surface area contributed by atoms with Gasteiger partial charge in [0.1, 0.15) is 0 Å². The standard InChI is InChI=1S/C17H16N2O/c1-19-15-12-16(18)20-17(15,13-8-4-2-5-9-13)14-10-6-3-7-11-14/h2-12H,18H2,1H3. The first-order valence-electron chi connectivity index (χ1n) is 6.52. The molecule has 0 radical (unpaired) electrons. The van der Waals surface area contributed by atoms with Gasteiger partial charge in [-0.1, -0.05) is 60.7 Å². The van der Waals surface area contributed by atoms with Crippen molar-refractivity contribution in [2.24, 2.45) is 10.7 Å². The third kappa shape index (κ3) is 1.79. The summed E-state index contributed by atoms with van der Waals surface area (Å²) in [6.07, 6.45) is 1.79. The van der Waals surface area contributed by atoms with Crippen LogP contribution in [0.5, 0.6) is 0 Å². The quantitative estimate of drug-likeness (QED) is 0.906. The maximum absolute atomic E-state index is 6.03. The van der Waals surface area contributed by atoms with E-state index in [-0.39, 0.29) is 0 Å². The van der Waals surface area contributed by atoms with Crippen LogP contribution in [0.15, 0.2) is 77.6 Å². The average molecular weight is 264 g/mol. The molecule has 2 aromatic carbocycles. The van der Waals surface area contributed by atoms with E-state index in [0.29, 0.717) is 5.88 Å². The van der Waals surface area contributed by atoms with Crippen molar-refractivity contribution < 1.29 is 4.74 Å². The highest BCUT2D eigenvalue weighted by Crippen LogP contribution is 2.40. The van der Waals surface area contributed by atoms with E-state index in [1.165, 1.54) is 0 Å². The van der Waals surface area contributed by atoms with Gasteiger partial charge in [-0.3, -0.25) is 4.99 Å². The Morgan fingerprint density at radius 1 is 0.900 bits per heavy atom. The van der Waals surface area contributed by atoms with Crippen molar-refractivity contribution in [1.82, 2.24) is 0 Å². The van der Waals surface area contributed by atoms with E-state index in [0.717, 1.165) is 16.8 Å². The minimum Gasteiger partial charge on any atom is -0.457 e. The fourth-order valence-corrected chi connectivity index (χ4v) is 2.64. The minimum absolute atomic E-state index is 0.387. The molecule has 0 aromatic heterocycles. The first-order chi connectivity index (χ1) is 9.77. The molecule has 1 aliphatic rings. The summed E-state index contributed by atoms with van der Waals surface area (Å²) in [4.78, 5) is 4.38. The summed E-state index contributed by atoms with van der Waals surface area (Å²) in [6, 6.07) is 20.1. The van der Waals surface area contributed by atoms with Gasteiger partial charge in [-0.05, 0) is 0 Å². The number of hydrogen-bond acceptors (Lipinski definition) is 3. The monoisotopic (exact) mass is 264 g/mol. The Bertz CT molecular complexity index is 620. The van der Waals surface area contributed by atoms with Crippen LogP contribution in [0.4, 0.5) is 0 Å².